The Morgan fingerprint density at radius 3 is 2.73 bits per heavy atom. The first kappa shape index (κ1) is 18.1. The summed E-state index contributed by atoms with van der Waals surface area (Å²) in [5, 5.41) is 10.5. The Balaban J connectivity index is 1.56. The van der Waals surface area contributed by atoms with Crippen LogP contribution in [0.15, 0.2) is 6.33 Å². The van der Waals surface area contributed by atoms with Gasteiger partial charge in [0.05, 0.1) is 5.39 Å². The van der Waals surface area contributed by atoms with Gasteiger partial charge in [0.15, 0.2) is 0 Å². The third-order valence-electron chi connectivity index (χ3n) is 6.10. The van der Waals surface area contributed by atoms with Gasteiger partial charge in [0.1, 0.15) is 17.3 Å². The molecule has 0 aromatic carbocycles. The number of aliphatic hydroxyl groups is 1. The first-order chi connectivity index (χ1) is 12.7. The molecule has 2 heterocycles. The van der Waals surface area contributed by atoms with E-state index in [0.717, 1.165) is 48.2 Å². The van der Waals surface area contributed by atoms with Gasteiger partial charge < -0.3 is 14.7 Å². The number of aryl methyl sites for hydroxylation is 1. The van der Waals surface area contributed by atoms with Crippen LogP contribution < -0.4 is 4.74 Å². The van der Waals surface area contributed by atoms with Crippen LogP contribution in [0.3, 0.4) is 0 Å². The van der Waals surface area contributed by atoms with E-state index in [1.54, 1.807) is 17.7 Å². The lowest BCUT2D eigenvalue weighted by atomic mass is 9.85. The molecule has 0 saturated heterocycles. The van der Waals surface area contributed by atoms with Crippen LogP contribution in [0.1, 0.15) is 49.0 Å². The van der Waals surface area contributed by atoms with Crippen molar-refractivity contribution in [2.75, 3.05) is 20.7 Å². The maximum atomic E-state index is 9.31. The third-order valence-corrected chi connectivity index (χ3v) is 7.30. The molecule has 2 aliphatic carbocycles. The molecule has 2 aromatic heterocycles. The highest BCUT2D eigenvalue weighted by atomic mass is 32.1. The summed E-state index contributed by atoms with van der Waals surface area (Å²) >= 11 is 1.80. The van der Waals surface area contributed by atoms with Gasteiger partial charge in [-0.3, -0.25) is 0 Å². The lowest BCUT2D eigenvalue weighted by Gasteiger charge is -2.32. The monoisotopic (exact) mass is 375 g/mol. The highest BCUT2D eigenvalue weighted by Gasteiger charge is 2.28. The molecule has 0 bridgehead atoms. The van der Waals surface area contributed by atoms with E-state index in [4.69, 9.17) is 4.74 Å². The predicted molar refractivity (Wildman–Crippen MR) is 105 cm³/mol. The Morgan fingerprint density at radius 2 is 2.00 bits per heavy atom. The van der Waals surface area contributed by atoms with E-state index in [2.05, 4.69) is 29.0 Å². The van der Waals surface area contributed by atoms with Gasteiger partial charge in [-0.05, 0) is 76.9 Å². The van der Waals surface area contributed by atoms with Gasteiger partial charge in [-0.15, -0.1) is 11.3 Å². The van der Waals surface area contributed by atoms with Crippen LogP contribution >= 0.6 is 11.3 Å². The number of ether oxygens (including phenoxy) is 1. The van der Waals surface area contributed by atoms with Crippen molar-refractivity contribution in [2.24, 2.45) is 5.92 Å². The third kappa shape index (κ3) is 3.59. The zero-order chi connectivity index (χ0) is 18.1. The summed E-state index contributed by atoms with van der Waals surface area (Å²) in [7, 11) is 4.33. The van der Waals surface area contributed by atoms with Crippen LogP contribution in [-0.2, 0) is 12.8 Å². The fraction of sp³-hybridized carbons (Fsp3) is 0.700. The second-order valence-corrected chi connectivity index (χ2v) is 9.08. The minimum atomic E-state index is 0.261. The molecular formula is C20H29N3O2S. The van der Waals surface area contributed by atoms with Crippen LogP contribution in [0.2, 0.25) is 0 Å². The van der Waals surface area contributed by atoms with E-state index < -0.39 is 0 Å². The van der Waals surface area contributed by atoms with Gasteiger partial charge in [0.25, 0.3) is 0 Å². The number of aromatic nitrogens is 2. The maximum absolute atomic E-state index is 9.31. The molecule has 1 atom stereocenters. The van der Waals surface area contributed by atoms with Gasteiger partial charge in [0, 0.05) is 17.5 Å². The minimum Gasteiger partial charge on any atom is -0.474 e. The molecule has 6 heteroatoms. The van der Waals surface area contributed by atoms with Crippen LogP contribution in [-0.4, -0.2) is 52.8 Å². The molecule has 2 aliphatic rings. The van der Waals surface area contributed by atoms with Crippen molar-refractivity contribution in [1.29, 1.82) is 0 Å². The molecule has 0 unspecified atom stereocenters. The summed E-state index contributed by atoms with van der Waals surface area (Å²) in [5.74, 6) is 1.35. The molecular weight excluding hydrogens is 346 g/mol. The van der Waals surface area contributed by atoms with Crippen LogP contribution in [0.5, 0.6) is 5.88 Å². The summed E-state index contributed by atoms with van der Waals surface area (Å²) in [6.07, 6.45) is 10.6. The zero-order valence-electron chi connectivity index (χ0n) is 15.8. The summed E-state index contributed by atoms with van der Waals surface area (Å²) in [6, 6.07) is 0.674. The SMILES string of the molecule is CN(C)C1CCC(Oc2ncnc3sc4c(c23)C[C@H](CCO)CC4)CC1. The molecule has 0 radical (unpaired) electrons. The number of hydrogen-bond donors (Lipinski definition) is 1. The average molecular weight is 376 g/mol. The molecule has 0 amide bonds. The van der Waals surface area contributed by atoms with Gasteiger partial charge in [-0.1, -0.05) is 0 Å². The molecule has 26 heavy (non-hydrogen) atoms. The van der Waals surface area contributed by atoms with Gasteiger partial charge in [-0.2, -0.15) is 0 Å². The number of rotatable bonds is 5. The van der Waals surface area contributed by atoms with Crippen molar-refractivity contribution in [3.05, 3.63) is 16.8 Å². The lowest BCUT2D eigenvalue weighted by Crippen LogP contribution is -2.35. The predicted octanol–water partition coefficient (Wildman–Crippen LogP) is 3.43. The van der Waals surface area contributed by atoms with Crippen LogP contribution in [0, 0.1) is 5.92 Å². The van der Waals surface area contributed by atoms with E-state index in [0.29, 0.717) is 12.0 Å². The fourth-order valence-corrected chi connectivity index (χ4v) is 5.68. The molecule has 5 nitrogen and oxygen atoms in total. The van der Waals surface area contributed by atoms with Crippen molar-refractivity contribution in [3.8, 4) is 5.88 Å². The van der Waals surface area contributed by atoms with Crippen molar-refractivity contribution >= 4 is 21.6 Å². The van der Waals surface area contributed by atoms with E-state index in [-0.39, 0.29) is 12.7 Å². The molecule has 2 aromatic rings. The molecule has 0 aliphatic heterocycles. The second-order valence-electron chi connectivity index (χ2n) is 8.00. The largest absolute Gasteiger partial charge is 0.474 e. The van der Waals surface area contributed by atoms with Crippen molar-refractivity contribution in [3.63, 3.8) is 0 Å². The molecule has 1 saturated carbocycles. The van der Waals surface area contributed by atoms with Gasteiger partial charge in [0.2, 0.25) is 5.88 Å². The van der Waals surface area contributed by atoms with Gasteiger partial charge in [-0.25, -0.2) is 9.97 Å². The summed E-state index contributed by atoms with van der Waals surface area (Å²) in [4.78, 5) is 13.9. The summed E-state index contributed by atoms with van der Waals surface area (Å²) in [6.45, 7) is 0.275. The van der Waals surface area contributed by atoms with Crippen LogP contribution in [0.25, 0.3) is 10.2 Å². The van der Waals surface area contributed by atoms with E-state index in [1.807, 2.05) is 0 Å². The Bertz CT molecular complexity index is 753. The standard InChI is InChI=1S/C20H29N3O2S/c1-23(2)14-4-6-15(7-5-14)25-19-18-16-11-13(9-10-24)3-8-17(16)26-20(18)22-12-21-19/h12-15,24H,3-11H2,1-2H3/t13-,14?,15?/m0/s1. The first-order valence-corrected chi connectivity index (χ1v) is 10.7. The first-order valence-electron chi connectivity index (χ1n) is 9.85. The van der Waals surface area contributed by atoms with E-state index >= 15 is 0 Å². The van der Waals surface area contributed by atoms with E-state index in [1.165, 1.54) is 29.7 Å². The number of thiophene rings is 1. The lowest BCUT2D eigenvalue weighted by molar-refractivity contribution is 0.108. The summed E-state index contributed by atoms with van der Waals surface area (Å²) in [5.41, 5.74) is 1.38. The van der Waals surface area contributed by atoms with Crippen molar-refractivity contribution < 1.29 is 9.84 Å². The number of fused-ring (bicyclic) bond motifs is 3. The fourth-order valence-electron chi connectivity index (χ4n) is 4.51. The number of hydrogen-bond acceptors (Lipinski definition) is 6. The Hall–Kier alpha value is -1.24. The van der Waals surface area contributed by atoms with Crippen molar-refractivity contribution in [1.82, 2.24) is 14.9 Å². The Morgan fingerprint density at radius 1 is 1.19 bits per heavy atom. The smallest absolute Gasteiger partial charge is 0.225 e. The minimum absolute atomic E-state index is 0.261. The molecule has 142 valence electrons. The quantitative estimate of drug-likeness (QED) is 0.868. The molecule has 1 N–H and O–H groups in total. The van der Waals surface area contributed by atoms with E-state index in [9.17, 15) is 5.11 Å². The highest BCUT2D eigenvalue weighted by molar-refractivity contribution is 7.18. The molecule has 0 spiro atoms. The average Bonchev–Trinajstić information content (AvgIpc) is 3.01. The maximum Gasteiger partial charge on any atom is 0.225 e. The van der Waals surface area contributed by atoms with Crippen molar-refractivity contribution in [2.45, 2.75) is 63.5 Å². The zero-order valence-corrected chi connectivity index (χ0v) is 16.6. The number of aliphatic hydroxyl groups excluding tert-OH is 1. The Kier molecular flexibility index (Phi) is 5.43. The topological polar surface area (TPSA) is 58.5 Å². The van der Waals surface area contributed by atoms with Gasteiger partial charge >= 0.3 is 0 Å². The second kappa shape index (κ2) is 7.79. The van der Waals surface area contributed by atoms with Crippen LogP contribution in [0.4, 0.5) is 0 Å². The highest BCUT2D eigenvalue weighted by Crippen LogP contribution is 2.41. The number of nitrogens with zero attached hydrogens (tertiary/aromatic N) is 3. The Labute approximate surface area is 159 Å². The summed E-state index contributed by atoms with van der Waals surface area (Å²) < 4.78 is 6.40. The molecule has 1 fully saturated rings. The molecule has 4 rings (SSSR count). The normalized spacial score (nSPS) is 26.2.